The molecule has 0 aromatic heterocycles. The van der Waals surface area contributed by atoms with Gasteiger partial charge in [-0.25, -0.2) is 8.42 Å². The van der Waals surface area contributed by atoms with Crippen LogP contribution in [-0.4, -0.2) is 79.8 Å². The SMILES string of the molecule is CC(C)(C)CC(=O)N1CCOC(CN(CC(=O)O)S(C)(=O)=O)C1. The number of carboxylic acids is 1. The molecule has 0 saturated carbocycles. The van der Waals surface area contributed by atoms with Gasteiger partial charge >= 0.3 is 5.97 Å². The Labute approximate surface area is 137 Å². The van der Waals surface area contributed by atoms with E-state index in [1.165, 1.54) is 0 Å². The number of ether oxygens (including phenoxy) is 1. The van der Waals surface area contributed by atoms with Crippen molar-refractivity contribution in [2.45, 2.75) is 33.3 Å². The normalized spacial score (nSPS) is 19.9. The lowest BCUT2D eigenvalue weighted by molar-refractivity contribution is -0.142. The molecule has 1 amide bonds. The topological polar surface area (TPSA) is 104 Å². The number of amides is 1. The molecule has 23 heavy (non-hydrogen) atoms. The summed E-state index contributed by atoms with van der Waals surface area (Å²) in [4.78, 5) is 24.7. The number of aliphatic carboxylic acids is 1. The van der Waals surface area contributed by atoms with E-state index in [1.807, 2.05) is 20.8 Å². The summed E-state index contributed by atoms with van der Waals surface area (Å²) >= 11 is 0. The molecule has 0 aromatic rings. The predicted octanol–water partition coefficient (Wildman–Crippen LogP) is -0.00380. The molecular formula is C14H26N2O6S. The molecule has 1 saturated heterocycles. The average molecular weight is 350 g/mol. The van der Waals surface area contributed by atoms with E-state index in [0.717, 1.165) is 10.6 Å². The standard InChI is InChI=1S/C14H26N2O6S/c1-14(2,3)7-12(17)15-5-6-22-11(8-15)9-16(10-13(18)19)23(4,20)21/h11H,5-10H2,1-4H3,(H,18,19). The van der Waals surface area contributed by atoms with Crippen molar-refractivity contribution in [3.8, 4) is 0 Å². The lowest BCUT2D eigenvalue weighted by atomic mass is 9.91. The highest BCUT2D eigenvalue weighted by Crippen LogP contribution is 2.21. The highest BCUT2D eigenvalue weighted by atomic mass is 32.2. The zero-order chi connectivity index (χ0) is 17.8. The van der Waals surface area contributed by atoms with Crippen LogP contribution in [0.4, 0.5) is 0 Å². The molecule has 1 rings (SSSR count). The van der Waals surface area contributed by atoms with Crippen LogP contribution in [0.5, 0.6) is 0 Å². The van der Waals surface area contributed by atoms with Gasteiger partial charge in [-0.2, -0.15) is 4.31 Å². The lowest BCUT2D eigenvalue weighted by Crippen LogP contribution is -2.51. The summed E-state index contributed by atoms with van der Waals surface area (Å²) < 4.78 is 29.7. The molecule has 0 aromatic carbocycles. The van der Waals surface area contributed by atoms with Gasteiger partial charge in [0.2, 0.25) is 15.9 Å². The predicted molar refractivity (Wildman–Crippen MR) is 84.4 cm³/mol. The summed E-state index contributed by atoms with van der Waals surface area (Å²) in [5, 5.41) is 8.83. The maximum atomic E-state index is 12.3. The summed E-state index contributed by atoms with van der Waals surface area (Å²) in [5.74, 6) is -1.23. The molecule has 1 N–H and O–H groups in total. The van der Waals surface area contributed by atoms with Crippen LogP contribution < -0.4 is 0 Å². The van der Waals surface area contributed by atoms with Gasteiger partial charge in [0.1, 0.15) is 6.54 Å². The summed E-state index contributed by atoms with van der Waals surface area (Å²) in [6, 6.07) is 0. The zero-order valence-corrected chi connectivity index (χ0v) is 14.9. The van der Waals surface area contributed by atoms with Crippen molar-refractivity contribution < 1.29 is 27.9 Å². The van der Waals surface area contributed by atoms with Crippen LogP contribution in [0.2, 0.25) is 0 Å². The largest absolute Gasteiger partial charge is 0.480 e. The zero-order valence-electron chi connectivity index (χ0n) is 14.1. The van der Waals surface area contributed by atoms with Gasteiger partial charge in [-0.15, -0.1) is 0 Å². The quantitative estimate of drug-likeness (QED) is 0.723. The molecule has 134 valence electrons. The highest BCUT2D eigenvalue weighted by molar-refractivity contribution is 7.88. The first-order valence-electron chi connectivity index (χ1n) is 7.45. The van der Waals surface area contributed by atoms with Gasteiger partial charge in [0.15, 0.2) is 0 Å². The molecule has 0 spiro atoms. The Balaban J connectivity index is 2.70. The van der Waals surface area contributed by atoms with E-state index in [2.05, 4.69) is 0 Å². The van der Waals surface area contributed by atoms with E-state index in [1.54, 1.807) is 4.90 Å². The lowest BCUT2D eigenvalue weighted by Gasteiger charge is -2.36. The van der Waals surface area contributed by atoms with Crippen molar-refractivity contribution in [1.82, 2.24) is 9.21 Å². The van der Waals surface area contributed by atoms with Gasteiger partial charge in [0.25, 0.3) is 0 Å². The number of carboxylic acid groups (broad SMARTS) is 1. The summed E-state index contributed by atoms with van der Waals surface area (Å²) in [6.45, 7) is 6.26. The fourth-order valence-corrected chi connectivity index (χ4v) is 3.10. The van der Waals surface area contributed by atoms with Crippen molar-refractivity contribution >= 4 is 21.9 Å². The number of rotatable bonds is 6. The Morgan fingerprint density at radius 2 is 1.96 bits per heavy atom. The minimum absolute atomic E-state index is 0.00469. The molecule has 1 heterocycles. The van der Waals surface area contributed by atoms with Crippen molar-refractivity contribution in [1.29, 1.82) is 0 Å². The highest BCUT2D eigenvalue weighted by Gasteiger charge is 2.30. The monoisotopic (exact) mass is 350 g/mol. The van der Waals surface area contributed by atoms with E-state index in [4.69, 9.17) is 9.84 Å². The van der Waals surface area contributed by atoms with Gasteiger partial charge in [-0.05, 0) is 5.41 Å². The van der Waals surface area contributed by atoms with E-state index in [9.17, 15) is 18.0 Å². The van der Waals surface area contributed by atoms with E-state index in [-0.39, 0.29) is 24.4 Å². The van der Waals surface area contributed by atoms with Crippen LogP contribution in [0, 0.1) is 5.41 Å². The van der Waals surface area contributed by atoms with Crippen molar-refractivity contribution in [3.63, 3.8) is 0 Å². The average Bonchev–Trinajstić information content (AvgIpc) is 2.34. The second-order valence-electron chi connectivity index (χ2n) is 7.02. The minimum Gasteiger partial charge on any atom is -0.480 e. The molecule has 0 bridgehead atoms. The molecule has 0 radical (unpaired) electrons. The third-order valence-corrected chi connectivity index (χ3v) is 4.58. The number of morpholine rings is 1. The Morgan fingerprint density at radius 1 is 1.35 bits per heavy atom. The number of carbonyl (C=O) groups is 2. The van der Waals surface area contributed by atoms with Gasteiger partial charge in [-0.3, -0.25) is 9.59 Å². The smallest absolute Gasteiger partial charge is 0.318 e. The third-order valence-electron chi connectivity index (χ3n) is 3.36. The van der Waals surface area contributed by atoms with Crippen LogP contribution in [0.15, 0.2) is 0 Å². The molecule has 1 unspecified atom stereocenters. The molecule has 1 aliphatic heterocycles. The Bertz CT molecular complexity index is 540. The van der Waals surface area contributed by atoms with Crippen molar-refractivity contribution in [2.75, 3.05) is 39.0 Å². The van der Waals surface area contributed by atoms with Gasteiger partial charge in [0.05, 0.1) is 19.0 Å². The third kappa shape index (κ3) is 7.28. The molecule has 1 atom stereocenters. The fraction of sp³-hybridized carbons (Fsp3) is 0.857. The maximum Gasteiger partial charge on any atom is 0.318 e. The Kier molecular flexibility index (Phi) is 6.55. The second-order valence-corrected chi connectivity index (χ2v) is 9.00. The van der Waals surface area contributed by atoms with E-state index < -0.39 is 28.6 Å². The van der Waals surface area contributed by atoms with Crippen LogP contribution >= 0.6 is 0 Å². The van der Waals surface area contributed by atoms with Crippen LogP contribution in [0.3, 0.4) is 0 Å². The van der Waals surface area contributed by atoms with E-state index >= 15 is 0 Å². The van der Waals surface area contributed by atoms with Gasteiger partial charge in [-0.1, -0.05) is 20.8 Å². The molecule has 1 aliphatic rings. The number of nitrogens with zero attached hydrogens (tertiary/aromatic N) is 2. The summed E-state index contributed by atoms with van der Waals surface area (Å²) in [5.41, 5.74) is -0.132. The minimum atomic E-state index is -3.66. The summed E-state index contributed by atoms with van der Waals surface area (Å²) in [6.07, 6.45) is 0.827. The molecule has 9 heteroatoms. The Morgan fingerprint density at radius 3 is 2.43 bits per heavy atom. The summed E-state index contributed by atoms with van der Waals surface area (Å²) in [7, 11) is -3.66. The van der Waals surface area contributed by atoms with Crippen LogP contribution in [0.1, 0.15) is 27.2 Å². The fourth-order valence-electron chi connectivity index (χ4n) is 2.32. The molecule has 1 fully saturated rings. The first-order chi connectivity index (χ1) is 10.4. The van der Waals surface area contributed by atoms with Crippen LogP contribution in [0.25, 0.3) is 0 Å². The van der Waals surface area contributed by atoms with Gasteiger partial charge < -0.3 is 14.7 Å². The number of sulfonamides is 1. The second kappa shape index (κ2) is 7.59. The van der Waals surface area contributed by atoms with Crippen LogP contribution in [-0.2, 0) is 24.3 Å². The number of carbonyl (C=O) groups excluding carboxylic acids is 1. The molecular weight excluding hydrogens is 324 g/mol. The molecule has 0 aliphatic carbocycles. The van der Waals surface area contributed by atoms with Gasteiger partial charge in [0, 0.05) is 26.1 Å². The van der Waals surface area contributed by atoms with Crippen molar-refractivity contribution in [2.24, 2.45) is 5.41 Å². The van der Waals surface area contributed by atoms with Crippen molar-refractivity contribution in [3.05, 3.63) is 0 Å². The molecule has 8 nitrogen and oxygen atoms in total. The maximum absolute atomic E-state index is 12.3. The number of hydrogen-bond acceptors (Lipinski definition) is 5. The first kappa shape index (κ1) is 19.9. The first-order valence-corrected chi connectivity index (χ1v) is 9.29. The number of hydrogen-bond donors (Lipinski definition) is 1. The Hall–Kier alpha value is -1.19. The van der Waals surface area contributed by atoms with E-state index in [0.29, 0.717) is 19.6 Å².